The first-order chi connectivity index (χ1) is 14.6. The Morgan fingerprint density at radius 1 is 1.07 bits per heavy atom. The van der Waals surface area contributed by atoms with Gasteiger partial charge in [0, 0.05) is 35.5 Å². The molecule has 152 valence electrons. The number of aromatic amines is 1. The minimum absolute atomic E-state index is 0.245. The predicted octanol–water partition coefficient (Wildman–Crippen LogP) is 4.99. The highest BCUT2D eigenvalue weighted by molar-refractivity contribution is 6.03. The summed E-state index contributed by atoms with van der Waals surface area (Å²) in [5.74, 6) is 0.512. The Balaban J connectivity index is 1.41. The quantitative estimate of drug-likeness (QED) is 0.409. The van der Waals surface area contributed by atoms with Crippen LogP contribution in [-0.2, 0) is 6.42 Å². The van der Waals surface area contributed by atoms with Crippen molar-refractivity contribution in [3.63, 3.8) is 0 Å². The molecule has 0 atom stereocenters. The standard InChI is InChI=1S/C24H25N5O/c1-16(2)18-7-3-6-10-21(18)28-23(30)22-12-14-26-24(29-22)25-13-11-17-15-27-20-9-5-4-8-19(17)20/h3-10,12,14-16,27H,11,13H2,1-2H3,(H,28,30)(H,25,26,29). The van der Waals surface area contributed by atoms with Crippen LogP contribution in [0.3, 0.4) is 0 Å². The number of aromatic nitrogens is 3. The van der Waals surface area contributed by atoms with Crippen LogP contribution in [0.2, 0.25) is 0 Å². The summed E-state index contributed by atoms with van der Waals surface area (Å²) in [4.78, 5) is 24.6. The zero-order valence-electron chi connectivity index (χ0n) is 17.1. The second-order valence-corrected chi connectivity index (χ2v) is 7.50. The summed E-state index contributed by atoms with van der Waals surface area (Å²) in [6.07, 6.45) is 4.46. The van der Waals surface area contributed by atoms with Gasteiger partial charge in [-0.25, -0.2) is 9.97 Å². The zero-order valence-corrected chi connectivity index (χ0v) is 17.1. The van der Waals surface area contributed by atoms with E-state index in [-0.39, 0.29) is 5.91 Å². The second kappa shape index (κ2) is 8.78. The van der Waals surface area contributed by atoms with Crippen LogP contribution in [0.25, 0.3) is 10.9 Å². The minimum Gasteiger partial charge on any atom is -0.361 e. The molecule has 6 heteroatoms. The molecule has 0 aliphatic carbocycles. The van der Waals surface area contributed by atoms with Gasteiger partial charge in [0.05, 0.1) is 0 Å². The highest BCUT2D eigenvalue weighted by Gasteiger charge is 2.13. The van der Waals surface area contributed by atoms with Gasteiger partial charge >= 0.3 is 0 Å². The van der Waals surface area contributed by atoms with E-state index in [9.17, 15) is 4.79 Å². The van der Waals surface area contributed by atoms with Crippen LogP contribution in [0.15, 0.2) is 67.0 Å². The van der Waals surface area contributed by atoms with Gasteiger partial charge in [-0.15, -0.1) is 0 Å². The predicted molar refractivity (Wildman–Crippen MR) is 121 cm³/mol. The number of benzene rings is 2. The molecule has 0 bridgehead atoms. The third-order valence-electron chi connectivity index (χ3n) is 5.07. The van der Waals surface area contributed by atoms with Gasteiger partial charge < -0.3 is 15.6 Å². The molecule has 4 aromatic rings. The van der Waals surface area contributed by atoms with Gasteiger partial charge in [0.25, 0.3) is 5.91 Å². The molecule has 2 aromatic heterocycles. The summed E-state index contributed by atoms with van der Waals surface area (Å²) < 4.78 is 0. The van der Waals surface area contributed by atoms with Crippen LogP contribution < -0.4 is 10.6 Å². The molecular formula is C24H25N5O. The number of nitrogens with zero attached hydrogens (tertiary/aromatic N) is 2. The molecular weight excluding hydrogens is 374 g/mol. The van der Waals surface area contributed by atoms with E-state index >= 15 is 0 Å². The van der Waals surface area contributed by atoms with E-state index in [1.165, 1.54) is 10.9 Å². The average molecular weight is 399 g/mol. The molecule has 2 aromatic carbocycles. The van der Waals surface area contributed by atoms with Gasteiger partial charge in [-0.2, -0.15) is 0 Å². The molecule has 6 nitrogen and oxygen atoms in total. The maximum Gasteiger partial charge on any atom is 0.274 e. The maximum absolute atomic E-state index is 12.7. The smallest absolute Gasteiger partial charge is 0.274 e. The van der Waals surface area contributed by atoms with Gasteiger partial charge in [-0.05, 0) is 41.7 Å². The van der Waals surface area contributed by atoms with E-state index < -0.39 is 0 Å². The Bertz CT molecular complexity index is 1160. The van der Waals surface area contributed by atoms with E-state index in [1.807, 2.05) is 42.6 Å². The van der Waals surface area contributed by atoms with Crippen molar-refractivity contribution < 1.29 is 4.79 Å². The van der Waals surface area contributed by atoms with E-state index in [0.29, 0.717) is 24.1 Å². The first kappa shape index (κ1) is 19.6. The fourth-order valence-corrected chi connectivity index (χ4v) is 3.52. The third kappa shape index (κ3) is 4.33. The first-order valence-corrected chi connectivity index (χ1v) is 10.1. The lowest BCUT2D eigenvalue weighted by molar-refractivity contribution is 0.102. The third-order valence-corrected chi connectivity index (χ3v) is 5.07. The van der Waals surface area contributed by atoms with Gasteiger partial charge in [-0.1, -0.05) is 50.2 Å². The van der Waals surface area contributed by atoms with Crippen LogP contribution in [0.1, 0.15) is 41.4 Å². The molecule has 4 rings (SSSR count). The van der Waals surface area contributed by atoms with Crippen molar-refractivity contribution in [3.8, 4) is 0 Å². The van der Waals surface area contributed by atoms with Crippen molar-refractivity contribution in [2.45, 2.75) is 26.2 Å². The number of anilines is 2. The Labute approximate surface area is 175 Å². The van der Waals surface area contributed by atoms with Crippen LogP contribution in [0.4, 0.5) is 11.6 Å². The number of fused-ring (bicyclic) bond motifs is 1. The Hall–Kier alpha value is -3.67. The summed E-state index contributed by atoms with van der Waals surface area (Å²) in [7, 11) is 0. The summed E-state index contributed by atoms with van der Waals surface area (Å²) in [5, 5.41) is 7.41. The van der Waals surface area contributed by atoms with Crippen molar-refractivity contribution in [3.05, 3.63) is 83.8 Å². The molecule has 1 amide bonds. The molecule has 0 radical (unpaired) electrons. The summed E-state index contributed by atoms with van der Waals surface area (Å²) in [6, 6.07) is 17.7. The Morgan fingerprint density at radius 2 is 1.87 bits per heavy atom. The molecule has 0 aliphatic heterocycles. The van der Waals surface area contributed by atoms with Crippen molar-refractivity contribution >= 4 is 28.4 Å². The van der Waals surface area contributed by atoms with Crippen LogP contribution in [0.5, 0.6) is 0 Å². The van der Waals surface area contributed by atoms with Crippen molar-refractivity contribution in [2.24, 2.45) is 0 Å². The number of H-pyrrole nitrogens is 1. The fraction of sp³-hybridized carbons (Fsp3) is 0.208. The Morgan fingerprint density at radius 3 is 2.73 bits per heavy atom. The summed E-state index contributed by atoms with van der Waals surface area (Å²) in [6.45, 7) is 4.87. The molecule has 3 N–H and O–H groups in total. The number of hydrogen-bond acceptors (Lipinski definition) is 4. The average Bonchev–Trinajstić information content (AvgIpc) is 3.17. The van der Waals surface area contributed by atoms with Gasteiger partial charge in [0.15, 0.2) is 0 Å². The minimum atomic E-state index is -0.245. The second-order valence-electron chi connectivity index (χ2n) is 7.50. The first-order valence-electron chi connectivity index (χ1n) is 10.1. The lowest BCUT2D eigenvalue weighted by Crippen LogP contribution is -2.17. The number of para-hydroxylation sites is 2. The normalized spacial score (nSPS) is 11.0. The van der Waals surface area contributed by atoms with E-state index in [0.717, 1.165) is 23.2 Å². The summed E-state index contributed by atoms with van der Waals surface area (Å²) in [5.41, 5.74) is 4.60. The van der Waals surface area contributed by atoms with E-state index in [1.54, 1.807) is 12.3 Å². The molecule has 30 heavy (non-hydrogen) atoms. The molecule has 0 fully saturated rings. The molecule has 0 spiro atoms. The lowest BCUT2D eigenvalue weighted by atomic mass is 10.0. The van der Waals surface area contributed by atoms with Gasteiger partial charge in [0.2, 0.25) is 5.95 Å². The largest absolute Gasteiger partial charge is 0.361 e. The van der Waals surface area contributed by atoms with Crippen LogP contribution in [0, 0.1) is 0 Å². The maximum atomic E-state index is 12.7. The van der Waals surface area contributed by atoms with Crippen molar-refractivity contribution in [1.29, 1.82) is 0 Å². The van der Waals surface area contributed by atoms with E-state index in [4.69, 9.17) is 0 Å². The molecule has 0 saturated carbocycles. The number of amides is 1. The number of rotatable bonds is 7. The zero-order chi connectivity index (χ0) is 20.9. The van der Waals surface area contributed by atoms with Crippen molar-refractivity contribution in [1.82, 2.24) is 15.0 Å². The van der Waals surface area contributed by atoms with Crippen molar-refractivity contribution in [2.75, 3.05) is 17.2 Å². The highest BCUT2D eigenvalue weighted by atomic mass is 16.1. The Kier molecular flexibility index (Phi) is 5.75. The van der Waals surface area contributed by atoms with Gasteiger partial charge in [-0.3, -0.25) is 4.79 Å². The number of hydrogen-bond donors (Lipinski definition) is 3. The number of carbonyl (C=O) groups is 1. The lowest BCUT2D eigenvalue weighted by Gasteiger charge is -2.13. The van der Waals surface area contributed by atoms with Gasteiger partial charge in [0.1, 0.15) is 5.69 Å². The molecule has 2 heterocycles. The van der Waals surface area contributed by atoms with Crippen LogP contribution >= 0.6 is 0 Å². The highest BCUT2D eigenvalue weighted by Crippen LogP contribution is 2.24. The SMILES string of the molecule is CC(C)c1ccccc1NC(=O)c1ccnc(NCCc2c[nH]c3ccccc23)n1. The fourth-order valence-electron chi connectivity index (χ4n) is 3.52. The number of carbonyl (C=O) groups excluding carboxylic acids is 1. The topological polar surface area (TPSA) is 82.7 Å². The molecule has 0 saturated heterocycles. The number of nitrogens with one attached hydrogen (secondary N) is 3. The molecule has 0 unspecified atom stereocenters. The summed E-state index contributed by atoms with van der Waals surface area (Å²) >= 11 is 0. The molecule has 0 aliphatic rings. The van der Waals surface area contributed by atoms with Crippen LogP contribution in [-0.4, -0.2) is 27.4 Å². The van der Waals surface area contributed by atoms with E-state index in [2.05, 4.69) is 51.6 Å². The monoisotopic (exact) mass is 399 g/mol.